The predicted octanol–water partition coefficient (Wildman–Crippen LogP) is 1.07. The van der Waals surface area contributed by atoms with Crippen molar-refractivity contribution in [1.29, 1.82) is 0 Å². The second-order valence-electron chi connectivity index (χ2n) is 2.68. The molecule has 0 aromatic carbocycles. The van der Waals surface area contributed by atoms with Crippen LogP contribution in [0.1, 0.15) is 26.2 Å². The minimum atomic E-state index is 0.898. The van der Waals surface area contributed by atoms with E-state index in [1.165, 1.54) is 32.9 Å². The summed E-state index contributed by atoms with van der Waals surface area (Å²) >= 11 is 0. The standard InChI is InChI=1S/C7H15N.CH5N/c1-3-7-5-4-6-8(7)2;1-2/h7H,3-6H2,1-2H3;2H2,1H3. The lowest BCUT2D eigenvalue weighted by Gasteiger charge is -2.16. The molecule has 1 heterocycles. The molecule has 2 heteroatoms. The highest BCUT2D eigenvalue weighted by Gasteiger charge is 2.17. The quantitative estimate of drug-likeness (QED) is 0.596. The lowest BCUT2D eigenvalue weighted by molar-refractivity contribution is 0.304. The van der Waals surface area contributed by atoms with Crippen molar-refractivity contribution in [3.63, 3.8) is 0 Å². The van der Waals surface area contributed by atoms with Crippen LogP contribution in [0.15, 0.2) is 0 Å². The molecular formula is C8H20N2. The Balaban J connectivity index is 0.000000371. The Hall–Kier alpha value is -0.0800. The molecule has 0 amide bonds. The Labute approximate surface area is 64.4 Å². The maximum atomic E-state index is 4.50. The summed E-state index contributed by atoms with van der Waals surface area (Å²) in [5.41, 5.74) is 4.50. The van der Waals surface area contributed by atoms with Crippen molar-refractivity contribution in [2.75, 3.05) is 20.6 Å². The highest BCUT2D eigenvalue weighted by molar-refractivity contribution is 4.73. The van der Waals surface area contributed by atoms with Gasteiger partial charge in [0, 0.05) is 6.04 Å². The van der Waals surface area contributed by atoms with Gasteiger partial charge in [-0.15, -0.1) is 0 Å². The predicted molar refractivity (Wildman–Crippen MR) is 46.1 cm³/mol. The van der Waals surface area contributed by atoms with E-state index in [0.717, 1.165) is 6.04 Å². The van der Waals surface area contributed by atoms with Crippen LogP contribution in [-0.4, -0.2) is 31.6 Å². The molecule has 0 aliphatic carbocycles. The Bertz CT molecular complexity index is 73.7. The van der Waals surface area contributed by atoms with Gasteiger partial charge in [-0.1, -0.05) is 6.92 Å². The molecule has 2 nitrogen and oxygen atoms in total. The summed E-state index contributed by atoms with van der Waals surface area (Å²) in [5, 5.41) is 0. The molecule has 2 N–H and O–H groups in total. The molecule has 0 saturated carbocycles. The first-order chi connectivity index (χ1) is 4.84. The second-order valence-corrected chi connectivity index (χ2v) is 2.68. The van der Waals surface area contributed by atoms with Crippen LogP contribution in [0, 0.1) is 0 Å². The largest absolute Gasteiger partial charge is 0.333 e. The molecule has 0 radical (unpaired) electrons. The van der Waals surface area contributed by atoms with Gasteiger partial charge in [-0.2, -0.15) is 0 Å². The van der Waals surface area contributed by atoms with Gasteiger partial charge >= 0.3 is 0 Å². The number of likely N-dealkylation sites (tertiary alicyclic amines) is 1. The monoisotopic (exact) mass is 144 g/mol. The van der Waals surface area contributed by atoms with Gasteiger partial charge in [0.1, 0.15) is 0 Å². The van der Waals surface area contributed by atoms with Gasteiger partial charge in [0.05, 0.1) is 0 Å². The summed E-state index contributed by atoms with van der Waals surface area (Å²) in [6.45, 7) is 3.59. The maximum absolute atomic E-state index is 4.50. The van der Waals surface area contributed by atoms with Gasteiger partial charge in [0.15, 0.2) is 0 Å². The lowest BCUT2D eigenvalue weighted by atomic mass is 10.2. The SMILES string of the molecule is CCC1CCCN1C.CN. The smallest absolute Gasteiger partial charge is 0.00900 e. The molecule has 1 rings (SSSR count). The average molecular weight is 144 g/mol. The molecule has 0 bridgehead atoms. The minimum absolute atomic E-state index is 0.898. The Morgan fingerprint density at radius 1 is 1.50 bits per heavy atom. The molecule has 10 heavy (non-hydrogen) atoms. The molecule has 1 aliphatic heterocycles. The molecule has 1 aliphatic rings. The van der Waals surface area contributed by atoms with Crippen LogP contribution < -0.4 is 5.73 Å². The summed E-state index contributed by atoms with van der Waals surface area (Å²) in [7, 11) is 3.72. The fourth-order valence-corrected chi connectivity index (χ4v) is 1.50. The third-order valence-electron chi connectivity index (χ3n) is 2.14. The van der Waals surface area contributed by atoms with Crippen molar-refractivity contribution in [2.24, 2.45) is 5.73 Å². The average Bonchev–Trinajstić information content (AvgIpc) is 2.39. The minimum Gasteiger partial charge on any atom is -0.333 e. The van der Waals surface area contributed by atoms with E-state index in [1.54, 1.807) is 0 Å². The van der Waals surface area contributed by atoms with Crippen LogP contribution in [0.5, 0.6) is 0 Å². The van der Waals surface area contributed by atoms with E-state index < -0.39 is 0 Å². The number of hydrogen-bond donors (Lipinski definition) is 1. The lowest BCUT2D eigenvalue weighted by Crippen LogP contribution is -2.23. The van der Waals surface area contributed by atoms with E-state index >= 15 is 0 Å². The van der Waals surface area contributed by atoms with Gasteiger partial charge in [-0.25, -0.2) is 0 Å². The third-order valence-corrected chi connectivity index (χ3v) is 2.14. The number of nitrogens with zero attached hydrogens (tertiary/aromatic N) is 1. The summed E-state index contributed by atoms with van der Waals surface area (Å²) in [5.74, 6) is 0. The van der Waals surface area contributed by atoms with Crippen LogP contribution in [0.25, 0.3) is 0 Å². The zero-order valence-corrected chi connectivity index (χ0v) is 7.43. The third kappa shape index (κ3) is 2.67. The molecule has 62 valence electrons. The molecule has 0 spiro atoms. The van der Waals surface area contributed by atoms with Crippen LogP contribution in [0.3, 0.4) is 0 Å². The highest BCUT2D eigenvalue weighted by atomic mass is 15.1. The molecule has 0 aromatic heterocycles. The van der Waals surface area contributed by atoms with E-state index in [4.69, 9.17) is 0 Å². The summed E-state index contributed by atoms with van der Waals surface area (Å²) in [4.78, 5) is 2.46. The fraction of sp³-hybridized carbons (Fsp3) is 1.00. The first kappa shape index (κ1) is 9.92. The van der Waals surface area contributed by atoms with Crippen molar-refractivity contribution < 1.29 is 0 Å². The van der Waals surface area contributed by atoms with Crippen molar-refractivity contribution in [1.82, 2.24) is 4.90 Å². The van der Waals surface area contributed by atoms with Crippen LogP contribution in [0.2, 0.25) is 0 Å². The van der Waals surface area contributed by atoms with Crippen LogP contribution >= 0.6 is 0 Å². The van der Waals surface area contributed by atoms with E-state index in [0.29, 0.717) is 0 Å². The van der Waals surface area contributed by atoms with Gasteiger partial charge in [0.25, 0.3) is 0 Å². The van der Waals surface area contributed by atoms with Crippen molar-refractivity contribution in [3.8, 4) is 0 Å². The summed E-state index contributed by atoms with van der Waals surface area (Å²) in [6.07, 6.45) is 4.17. The van der Waals surface area contributed by atoms with Gasteiger partial charge < -0.3 is 10.6 Å². The molecule has 1 atom stereocenters. The maximum Gasteiger partial charge on any atom is 0.00900 e. The van der Waals surface area contributed by atoms with Crippen molar-refractivity contribution in [3.05, 3.63) is 0 Å². The normalized spacial score (nSPS) is 25.8. The molecule has 1 saturated heterocycles. The van der Waals surface area contributed by atoms with Gasteiger partial charge in [-0.05, 0) is 39.9 Å². The Kier molecular flexibility index (Phi) is 5.64. The van der Waals surface area contributed by atoms with E-state index in [-0.39, 0.29) is 0 Å². The number of rotatable bonds is 1. The van der Waals surface area contributed by atoms with E-state index in [9.17, 15) is 0 Å². The first-order valence-electron chi connectivity index (χ1n) is 4.12. The highest BCUT2D eigenvalue weighted by Crippen LogP contribution is 2.16. The first-order valence-corrected chi connectivity index (χ1v) is 4.12. The Morgan fingerprint density at radius 3 is 2.30 bits per heavy atom. The van der Waals surface area contributed by atoms with E-state index in [1.807, 2.05) is 0 Å². The topological polar surface area (TPSA) is 29.3 Å². The molecular weight excluding hydrogens is 124 g/mol. The van der Waals surface area contributed by atoms with Crippen LogP contribution in [0.4, 0.5) is 0 Å². The molecule has 0 aromatic rings. The Morgan fingerprint density at radius 2 is 2.10 bits per heavy atom. The molecule has 1 unspecified atom stereocenters. The van der Waals surface area contributed by atoms with Gasteiger partial charge in [-0.3, -0.25) is 0 Å². The van der Waals surface area contributed by atoms with E-state index in [2.05, 4.69) is 24.6 Å². The van der Waals surface area contributed by atoms with Crippen molar-refractivity contribution in [2.45, 2.75) is 32.2 Å². The number of hydrogen-bond acceptors (Lipinski definition) is 2. The molecule has 1 fully saturated rings. The number of nitrogens with two attached hydrogens (primary N) is 1. The zero-order valence-electron chi connectivity index (χ0n) is 7.43. The summed E-state index contributed by atoms with van der Waals surface area (Å²) in [6, 6.07) is 0.898. The second kappa shape index (κ2) is 5.69. The van der Waals surface area contributed by atoms with Gasteiger partial charge in [0.2, 0.25) is 0 Å². The fourth-order valence-electron chi connectivity index (χ4n) is 1.50. The van der Waals surface area contributed by atoms with Crippen molar-refractivity contribution >= 4 is 0 Å². The summed E-state index contributed by atoms with van der Waals surface area (Å²) < 4.78 is 0. The van der Waals surface area contributed by atoms with Crippen LogP contribution in [-0.2, 0) is 0 Å². The zero-order chi connectivity index (χ0) is 7.98.